The smallest absolute Gasteiger partial charge is 0.263 e. The Kier molecular flexibility index (Phi) is 3.49. The topological polar surface area (TPSA) is 33.2 Å². The minimum absolute atomic E-state index is 0.215. The lowest BCUT2D eigenvalue weighted by molar-refractivity contribution is 0.0607. The van der Waals surface area contributed by atoms with Crippen molar-refractivity contribution in [3.05, 3.63) is 51.5 Å². The van der Waals surface area contributed by atoms with E-state index in [0.717, 1.165) is 36.7 Å². The van der Waals surface area contributed by atoms with E-state index in [9.17, 15) is 4.79 Å². The lowest BCUT2D eigenvalue weighted by Crippen LogP contribution is -2.48. The third-order valence-corrected chi connectivity index (χ3v) is 6.09. The van der Waals surface area contributed by atoms with Crippen LogP contribution in [0.25, 0.3) is 0 Å². The molecule has 2 aromatic heterocycles. The van der Waals surface area contributed by atoms with Crippen molar-refractivity contribution in [2.45, 2.75) is 32.1 Å². The Morgan fingerprint density at radius 1 is 1.41 bits per heavy atom. The molecule has 0 unspecified atom stereocenters. The first kappa shape index (κ1) is 13.9. The number of amides is 1. The van der Waals surface area contributed by atoms with Crippen LogP contribution in [0.15, 0.2) is 30.6 Å². The zero-order valence-electron chi connectivity index (χ0n) is 12.8. The Balaban J connectivity index is 1.44. The molecule has 114 valence electrons. The molecule has 0 spiro atoms. The maximum atomic E-state index is 12.6. The summed E-state index contributed by atoms with van der Waals surface area (Å²) in [6.45, 7) is 3.95. The third-order valence-electron chi connectivity index (χ3n) is 4.86. The van der Waals surface area contributed by atoms with Crippen LogP contribution in [0.3, 0.4) is 0 Å². The molecule has 2 aromatic rings. The summed E-state index contributed by atoms with van der Waals surface area (Å²) in [5.74, 6) is 1.42. The summed E-state index contributed by atoms with van der Waals surface area (Å²) >= 11 is 1.72. The number of carbonyl (C=O) groups is 1. The normalized spacial score (nSPS) is 21.3. The van der Waals surface area contributed by atoms with Crippen molar-refractivity contribution in [2.75, 3.05) is 13.1 Å². The van der Waals surface area contributed by atoms with Gasteiger partial charge in [-0.05, 0) is 48.4 Å². The van der Waals surface area contributed by atoms with Gasteiger partial charge in [-0.1, -0.05) is 13.0 Å². The number of thiophene rings is 1. The molecule has 3 nitrogen and oxygen atoms in total. The van der Waals surface area contributed by atoms with Gasteiger partial charge in [-0.25, -0.2) is 0 Å². The van der Waals surface area contributed by atoms with Crippen LogP contribution in [-0.2, 0) is 12.8 Å². The average Bonchev–Trinajstić information content (AvgIpc) is 2.89. The number of likely N-dealkylation sites (tertiary alicyclic amines) is 1. The molecule has 1 fully saturated rings. The molecular weight excluding hydrogens is 292 g/mol. The molecule has 22 heavy (non-hydrogen) atoms. The Bertz CT molecular complexity index is 688. The summed E-state index contributed by atoms with van der Waals surface area (Å²) in [5, 5.41) is 0. The molecule has 0 saturated carbocycles. The summed E-state index contributed by atoms with van der Waals surface area (Å²) in [6, 6.07) is 6.22. The van der Waals surface area contributed by atoms with Gasteiger partial charge in [0.05, 0.1) is 4.88 Å². The summed E-state index contributed by atoms with van der Waals surface area (Å²) in [4.78, 5) is 21.1. The zero-order valence-corrected chi connectivity index (χ0v) is 13.6. The summed E-state index contributed by atoms with van der Waals surface area (Å²) in [6.07, 6.45) is 7.25. The van der Waals surface area contributed by atoms with Crippen LogP contribution in [0, 0.1) is 5.92 Å². The quantitative estimate of drug-likeness (QED) is 0.850. The van der Waals surface area contributed by atoms with E-state index in [1.807, 2.05) is 17.2 Å². The standard InChI is InChI=1S/C18H20N2OS/c1-12-4-5-16-14(7-12)8-17(22-16)18(21)20-10-15(11-20)13-3-2-6-19-9-13/h2-3,6,8-9,12,15H,4-5,7,10-11H2,1H3/t12-/m1/s1. The predicted octanol–water partition coefficient (Wildman–Crippen LogP) is 3.51. The molecule has 1 saturated heterocycles. The number of aromatic nitrogens is 1. The van der Waals surface area contributed by atoms with Gasteiger partial charge in [-0.3, -0.25) is 9.78 Å². The van der Waals surface area contributed by atoms with Gasteiger partial charge in [0, 0.05) is 36.3 Å². The van der Waals surface area contributed by atoms with Crippen molar-refractivity contribution < 1.29 is 4.79 Å². The van der Waals surface area contributed by atoms with Crippen molar-refractivity contribution in [1.29, 1.82) is 0 Å². The van der Waals surface area contributed by atoms with Gasteiger partial charge in [0.15, 0.2) is 0 Å². The number of hydrogen-bond acceptors (Lipinski definition) is 3. The second-order valence-corrected chi connectivity index (χ2v) is 7.74. The number of rotatable bonds is 2. The van der Waals surface area contributed by atoms with Gasteiger partial charge in [0.2, 0.25) is 0 Å². The number of nitrogens with zero attached hydrogens (tertiary/aromatic N) is 2. The molecule has 2 aliphatic rings. The number of aryl methyl sites for hydroxylation is 1. The summed E-state index contributed by atoms with van der Waals surface area (Å²) in [7, 11) is 0. The molecule has 1 amide bonds. The third kappa shape index (κ3) is 2.45. The van der Waals surface area contributed by atoms with E-state index in [2.05, 4.69) is 24.0 Å². The number of carbonyl (C=O) groups excluding carboxylic acids is 1. The first-order valence-corrected chi connectivity index (χ1v) is 8.83. The van der Waals surface area contributed by atoms with E-state index >= 15 is 0 Å². The van der Waals surface area contributed by atoms with Gasteiger partial charge in [-0.2, -0.15) is 0 Å². The van der Waals surface area contributed by atoms with Gasteiger partial charge >= 0.3 is 0 Å². The highest BCUT2D eigenvalue weighted by Gasteiger charge is 2.33. The Labute approximate surface area is 135 Å². The van der Waals surface area contributed by atoms with E-state index in [1.165, 1.54) is 22.4 Å². The van der Waals surface area contributed by atoms with Crippen LogP contribution in [0.4, 0.5) is 0 Å². The van der Waals surface area contributed by atoms with Crippen LogP contribution in [0.5, 0.6) is 0 Å². The van der Waals surface area contributed by atoms with Gasteiger partial charge in [-0.15, -0.1) is 11.3 Å². The first-order chi connectivity index (χ1) is 10.7. The van der Waals surface area contributed by atoms with E-state index < -0.39 is 0 Å². The fraction of sp³-hybridized carbons (Fsp3) is 0.444. The fourth-order valence-electron chi connectivity index (χ4n) is 3.44. The molecule has 1 aliphatic carbocycles. The fourth-order valence-corrected chi connectivity index (χ4v) is 4.62. The zero-order chi connectivity index (χ0) is 15.1. The molecule has 1 aliphatic heterocycles. The number of hydrogen-bond donors (Lipinski definition) is 0. The first-order valence-electron chi connectivity index (χ1n) is 8.01. The van der Waals surface area contributed by atoms with Crippen LogP contribution < -0.4 is 0 Å². The van der Waals surface area contributed by atoms with Gasteiger partial charge in [0.1, 0.15) is 0 Å². The summed E-state index contributed by atoms with van der Waals surface area (Å²) in [5.41, 5.74) is 2.65. The monoisotopic (exact) mass is 312 g/mol. The highest BCUT2D eigenvalue weighted by atomic mass is 32.1. The molecule has 0 N–H and O–H groups in total. The van der Waals surface area contributed by atoms with E-state index in [0.29, 0.717) is 5.92 Å². The average molecular weight is 312 g/mol. The lowest BCUT2D eigenvalue weighted by Gasteiger charge is -2.39. The SMILES string of the molecule is C[C@@H]1CCc2sc(C(=O)N3CC(c4cccnc4)C3)cc2C1. The van der Waals surface area contributed by atoms with Gasteiger partial charge in [0.25, 0.3) is 5.91 Å². The second-order valence-electron chi connectivity index (χ2n) is 6.60. The van der Waals surface area contributed by atoms with E-state index in [-0.39, 0.29) is 5.91 Å². The van der Waals surface area contributed by atoms with Crippen LogP contribution in [0.2, 0.25) is 0 Å². The van der Waals surface area contributed by atoms with Crippen molar-refractivity contribution in [3.8, 4) is 0 Å². The van der Waals surface area contributed by atoms with Crippen molar-refractivity contribution >= 4 is 17.2 Å². The van der Waals surface area contributed by atoms with Crippen molar-refractivity contribution in [3.63, 3.8) is 0 Å². The molecule has 4 rings (SSSR count). The van der Waals surface area contributed by atoms with Gasteiger partial charge < -0.3 is 4.90 Å². The second kappa shape index (κ2) is 5.51. The van der Waals surface area contributed by atoms with E-state index in [1.54, 1.807) is 17.5 Å². The maximum absolute atomic E-state index is 12.6. The molecule has 1 atom stereocenters. The largest absolute Gasteiger partial charge is 0.337 e. The lowest BCUT2D eigenvalue weighted by atomic mass is 9.90. The van der Waals surface area contributed by atoms with Crippen molar-refractivity contribution in [1.82, 2.24) is 9.88 Å². The Hall–Kier alpha value is -1.68. The molecule has 3 heterocycles. The highest BCUT2D eigenvalue weighted by Crippen LogP contribution is 2.34. The van der Waals surface area contributed by atoms with Crippen LogP contribution in [-0.4, -0.2) is 28.9 Å². The van der Waals surface area contributed by atoms with Crippen molar-refractivity contribution in [2.24, 2.45) is 5.92 Å². The Morgan fingerprint density at radius 3 is 3.05 bits per heavy atom. The number of pyridine rings is 1. The van der Waals surface area contributed by atoms with Crippen LogP contribution in [0.1, 0.15) is 44.9 Å². The Morgan fingerprint density at radius 2 is 2.27 bits per heavy atom. The minimum Gasteiger partial charge on any atom is -0.337 e. The number of fused-ring (bicyclic) bond motifs is 1. The molecule has 0 radical (unpaired) electrons. The minimum atomic E-state index is 0.215. The molecule has 0 bridgehead atoms. The van der Waals surface area contributed by atoms with Crippen LogP contribution >= 0.6 is 11.3 Å². The maximum Gasteiger partial charge on any atom is 0.263 e. The molecule has 0 aromatic carbocycles. The molecular formula is C18H20N2OS. The van der Waals surface area contributed by atoms with E-state index in [4.69, 9.17) is 0 Å². The molecule has 4 heteroatoms. The summed E-state index contributed by atoms with van der Waals surface area (Å²) < 4.78 is 0. The highest BCUT2D eigenvalue weighted by molar-refractivity contribution is 7.14. The predicted molar refractivity (Wildman–Crippen MR) is 88.4 cm³/mol.